The van der Waals surface area contributed by atoms with Gasteiger partial charge >= 0.3 is 5.97 Å². The van der Waals surface area contributed by atoms with E-state index in [-0.39, 0.29) is 6.61 Å². The second-order valence-electron chi connectivity index (χ2n) is 3.05. The first-order valence-electron chi connectivity index (χ1n) is 4.58. The van der Waals surface area contributed by atoms with Gasteiger partial charge in [0.25, 0.3) is 0 Å². The first-order chi connectivity index (χ1) is 7.77. The van der Waals surface area contributed by atoms with Gasteiger partial charge in [0.05, 0.1) is 5.56 Å². The van der Waals surface area contributed by atoms with Crippen LogP contribution in [0.3, 0.4) is 0 Å². The van der Waals surface area contributed by atoms with E-state index < -0.39 is 5.97 Å². The Hall–Kier alpha value is -1.62. The molecule has 1 aromatic heterocycles. The van der Waals surface area contributed by atoms with Crippen LogP contribution in [0.15, 0.2) is 45.6 Å². The molecule has 82 valence electrons. The number of hydrogen-bond acceptors (Lipinski definition) is 4. The average molecular weight is 282 g/mol. The topological polar surface area (TPSA) is 52.3 Å². The smallest absolute Gasteiger partial charge is 0.339 e. The maximum absolute atomic E-state index is 11.7. The summed E-state index contributed by atoms with van der Waals surface area (Å²) in [4.78, 5) is 11.7. The Morgan fingerprint density at radius 2 is 2.19 bits per heavy atom. The molecule has 0 amide bonds. The number of nitrogens with zero attached hydrogens (tertiary/aromatic N) is 1. The van der Waals surface area contributed by atoms with E-state index >= 15 is 0 Å². The Balaban J connectivity index is 2.01. The molecule has 4 nitrogen and oxygen atoms in total. The van der Waals surface area contributed by atoms with Crippen LogP contribution in [-0.4, -0.2) is 11.1 Å². The SMILES string of the molecule is O=C(OCc1ccon1)c1ccccc1Br. The van der Waals surface area contributed by atoms with Crippen LogP contribution in [0, 0.1) is 0 Å². The van der Waals surface area contributed by atoms with Crippen molar-refractivity contribution in [3.63, 3.8) is 0 Å². The first-order valence-corrected chi connectivity index (χ1v) is 5.37. The third-order valence-electron chi connectivity index (χ3n) is 1.94. The summed E-state index contributed by atoms with van der Waals surface area (Å²) in [5, 5.41) is 3.64. The van der Waals surface area contributed by atoms with Gasteiger partial charge < -0.3 is 9.26 Å². The summed E-state index contributed by atoms with van der Waals surface area (Å²) in [6.45, 7) is 0.108. The number of carbonyl (C=O) groups excluding carboxylic acids is 1. The van der Waals surface area contributed by atoms with E-state index in [4.69, 9.17) is 4.74 Å². The number of rotatable bonds is 3. The Morgan fingerprint density at radius 1 is 1.38 bits per heavy atom. The summed E-state index contributed by atoms with van der Waals surface area (Å²) in [7, 11) is 0. The molecule has 1 aromatic carbocycles. The Morgan fingerprint density at radius 3 is 2.88 bits per heavy atom. The monoisotopic (exact) mass is 281 g/mol. The first kappa shape index (κ1) is 10.9. The summed E-state index contributed by atoms with van der Waals surface area (Å²) >= 11 is 3.28. The van der Waals surface area contributed by atoms with E-state index in [1.165, 1.54) is 6.26 Å². The van der Waals surface area contributed by atoms with Gasteiger partial charge in [0.1, 0.15) is 18.6 Å². The molecule has 0 atom stereocenters. The summed E-state index contributed by atoms with van der Waals surface area (Å²) in [5.74, 6) is -0.393. The molecule has 2 rings (SSSR count). The molecule has 1 heterocycles. The summed E-state index contributed by atoms with van der Waals surface area (Å²) in [6, 6.07) is 8.73. The highest BCUT2D eigenvalue weighted by Crippen LogP contribution is 2.17. The fraction of sp³-hybridized carbons (Fsp3) is 0.0909. The highest BCUT2D eigenvalue weighted by molar-refractivity contribution is 9.10. The van der Waals surface area contributed by atoms with Gasteiger partial charge in [-0.1, -0.05) is 17.3 Å². The Kier molecular flexibility index (Phi) is 3.36. The number of halogens is 1. The van der Waals surface area contributed by atoms with Crippen molar-refractivity contribution in [3.05, 3.63) is 52.3 Å². The fourth-order valence-corrected chi connectivity index (χ4v) is 1.60. The van der Waals surface area contributed by atoms with Crippen molar-refractivity contribution in [1.82, 2.24) is 5.16 Å². The van der Waals surface area contributed by atoms with Crippen molar-refractivity contribution in [2.75, 3.05) is 0 Å². The van der Waals surface area contributed by atoms with Crippen LogP contribution in [0.4, 0.5) is 0 Å². The second kappa shape index (κ2) is 4.94. The summed E-state index contributed by atoms with van der Waals surface area (Å²) < 4.78 is 10.4. The maximum atomic E-state index is 11.7. The molecule has 0 aliphatic carbocycles. The molecule has 0 fully saturated rings. The molecule has 2 aromatic rings. The van der Waals surface area contributed by atoms with Gasteiger partial charge in [-0.05, 0) is 28.1 Å². The molecule has 0 radical (unpaired) electrons. The Labute approximate surface area is 100 Å². The van der Waals surface area contributed by atoms with Crippen LogP contribution in [0.2, 0.25) is 0 Å². The molecule has 16 heavy (non-hydrogen) atoms. The minimum atomic E-state index is -0.393. The third kappa shape index (κ3) is 2.49. The molecule has 0 spiro atoms. The molecule has 0 aliphatic heterocycles. The lowest BCUT2D eigenvalue weighted by Gasteiger charge is -2.03. The van der Waals surface area contributed by atoms with Gasteiger partial charge in [-0.3, -0.25) is 0 Å². The fourth-order valence-electron chi connectivity index (χ4n) is 1.16. The molecular weight excluding hydrogens is 274 g/mol. The molecule has 0 aliphatic rings. The van der Waals surface area contributed by atoms with Crippen LogP contribution in [0.25, 0.3) is 0 Å². The van der Waals surface area contributed by atoms with E-state index in [0.717, 1.165) is 0 Å². The van der Waals surface area contributed by atoms with Gasteiger partial charge in [-0.25, -0.2) is 4.79 Å². The number of esters is 1. The lowest BCUT2D eigenvalue weighted by Crippen LogP contribution is -2.06. The molecule has 5 heteroatoms. The molecular formula is C11H8BrNO3. The van der Waals surface area contributed by atoms with Gasteiger partial charge in [0.15, 0.2) is 0 Å². The zero-order chi connectivity index (χ0) is 11.4. The highest BCUT2D eigenvalue weighted by atomic mass is 79.9. The third-order valence-corrected chi connectivity index (χ3v) is 2.63. The van der Waals surface area contributed by atoms with Gasteiger partial charge in [-0.2, -0.15) is 0 Å². The molecule has 0 saturated heterocycles. The normalized spacial score (nSPS) is 10.1. The van der Waals surface area contributed by atoms with Crippen molar-refractivity contribution < 1.29 is 14.1 Å². The van der Waals surface area contributed by atoms with Gasteiger partial charge in [0.2, 0.25) is 0 Å². The van der Waals surface area contributed by atoms with Gasteiger partial charge in [-0.15, -0.1) is 0 Å². The summed E-state index contributed by atoms with van der Waals surface area (Å²) in [5.41, 5.74) is 1.08. The second-order valence-corrected chi connectivity index (χ2v) is 3.90. The zero-order valence-electron chi connectivity index (χ0n) is 8.22. The van der Waals surface area contributed by atoms with Crippen molar-refractivity contribution in [3.8, 4) is 0 Å². The lowest BCUT2D eigenvalue weighted by atomic mass is 10.2. The van der Waals surface area contributed by atoms with Crippen LogP contribution >= 0.6 is 15.9 Å². The van der Waals surface area contributed by atoms with E-state index in [9.17, 15) is 4.79 Å². The number of ether oxygens (including phenoxy) is 1. The molecule has 0 bridgehead atoms. The van der Waals surface area contributed by atoms with Crippen molar-refractivity contribution in [1.29, 1.82) is 0 Å². The minimum Gasteiger partial charge on any atom is -0.455 e. The van der Waals surface area contributed by atoms with E-state index in [0.29, 0.717) is 15.7 Å². The van der Waals surface area contributed by atoms with E-state index in [2.05, 4.69) is 25.6 Å². The van der Waals surface area contributed by atoms with Crippen molar-refractivity contribution >= 4 is 21.9 Å². The van der Waals surface area contributed by atoms with Crippen molar-refractivity contribution in [2.24, 2.45) is 0 Å². The summed E-state index contributed by atoms with van der Waals surface area (Å²) in [6.07, 6.45) is 1.43. The molecule has 0 saturated carbocycles. The number of hydrogen-bond donors (Lipinski definition) is 0. The minimum absolute atomic E-state index is 0.108. The van der Waals surface area contributed by atoms with Crippen LogP contribution in [0.5, 0.6) is 0 Å². The quantitative estimate of drug-likeness (QED) is 0.812. The number of carbonyl (C=O) groups is 1. The predicted octanol–water partition coefficient (Wildman–Crippen LogP) is 2.79. The number of benzene rings is 1. The number of aromatic nitrogens is 1. The Bertz CT molecular complexity index is 482. The lowest BCUT2D eigenvalue weighted by molar-refractivity contribution is 0.0463. The van der Waals surface area contributed by atoms with Crippen LogP contribution < -0.4 is 0 Å². The standard InChI is InChI=1S/C11H8BrNO3/c12-10-4-2-1-3-9(10)11(14)15-7-8-5-6-16-13-8/h1-6H,7H2. The van der Waals surface area contributed by atoms with Crippen LogP contribution in [0.1, 0.15) is 16.1 Å². The molecule has 0 N–H and O–H groups in total. The predicted molar refractivity (Wildman–Crippen MR) is 59.8 cm³/mol. The molecule has 0 unspecified atom stereocenters. The van der Waals surface area contributed by atoms with Crippen molar-refractivity contribution in [2.45, 2.75) is 6.61 Å². The largest absolute Gasteiger partial charge is 0.455 e. The highest BCUT2D eigenvalue weighted by Gasteiger charge is 2.11. The van der Waals surface area contributed by atoms with E-state index in [1.807, 2.05) is 6.07 Å². The zero-order valence-corrected chi connectivity index (χ0v) is 9.81. The maximum Gasteiger partial charge on any atom is 0.339 e. The van der Waals surface area contributed by atoms with Gasteiger partial charge in [0, 0.05) is 10.5 Å². The van der Waals surface area contributed by atoms with E-state index in [1.54, 1.807) is 24.3 Å². The van der Waals surface area contributed by atoms with Crippen LogP contribution in [-0.2, 0) is 11.3 Å². The average Bonchev–Trinajstić information content (AvgIpc) is 2.79.